The number of nitrogens with zero attached hydrogens (tertiary/aromatic N) is 2. The molecule has 8 heteroatoms. The number of carboxylic acid groups (broad SMARTS) is 1. The van der Waals surface area contributed by atoms with Gasteiger partial charge in [-0.15, -0.1) is 0 Å². The Hall–Kier alpha value is -2.64. The van der Waals surface area contributed by atoms with Crippen LogP contribution < -0.4 is 5.56 Å². The van der Waals surface area contributed by atoms with Gasteiger partial charge in [-0.3, -0.25) is 19.2 Å². The molecule has 1 atom stereocenters. The molecule has 2 amide bonds. The highest BCUT2D eigenvalue weighted by Gasteiger charge is 2.35. The van der Waals surface area contributed by atoms with Crippen molar-refractivity contribution >= 4 is 17.8 Å². The van der Waals surface area contributed by atoms with Gasteiger partial charge in [0.05, 0.1) is 0 Å². The van der Waals surface area contributed by atoms with E-state index in [1.165, 1.54) is 15.9 Å². The maximum Gasteiger partial charge on any atom is 0.323 e. The molecule has 0 unspecified atom stereocenters. The normalized spacial score (nSPS) is 18.2. The van der Waals surface area contributed by atoms with Crippen LogP contribution in [0.3, 0.4) is 0 Å². The van der Waals surface area contributed by atoms with Gasteiger partial charge in [0.1, 0.15) is 12.6 Å². The summed E-state index contributed by atoms with van der Waals surface area (Å²) in [7, 11) is 0. The highest BCUT2D eigenvalue weighted by atomic mass is 16.4. The number of piperazine rings is 1. The Labute approximate surface area is 132 Å². The number of carbonyl (C=O) groups excluding carboxylic acids is 2. The van der Waals surface area contributed by atoms with Gasteiger partial charge in [-0.1, -0.05) is 6.92 Å². The van der Waals surface area contributed by atoms with Gasteiger partial charge in [-0.2, -0.15) is 0 Å². The Morgan fingerprint density at radius 1 is 1.30 bits per heavy atom. The zero-order valence-electron chi connectivity index (χ0n) is 13.0. The molecule has 1 aliphatic heterocycles. The fourth-order valence-electron chi connectivity index (χ4n) is 2.61. The predicted molar refractivity (Wildman–Crippen MR) is 81.2 cm³/mol. The van der Waals surface area contributed by atoms with E-state index in [9.17, 15) is 19.2 Å². The number of carbonyl (C=O) groups is 3. The van der Waals surface area contributed by atoms with Crippen molar-refractivity contribution in [1.29, 1.82) is 0 Å². The number of hydrogen-bond donors (Lipinski definition) is 2. The van der Waals surface area contributed by atoms with Crippen LogP contribution in [0.1, 0.15) is 29.9 Å². The van der Waals surface area contributed by atoms with Gasteiger partial charge in [0.25, 0.3) is 5.91 Å². The summed E-state index contributed by atoms with van der Waals surface area (Å²) in [5, 5.41) is 8.80. The van der Waals surface area contributed by atoms with Crippen LogP contribution >= 0.6 is 0 Å². The zero-order valence-corrected chi connectivity index (χ0v) is 13.0. The van der Waals surface area contributed by atoms with Crippen LogP contribution in [-0.2, 0) is 16.0 Å². The summed E-state index contributed by atoms with van der Waals surface area (Å²) in [4.78, 5) is 52.4. The fraction of sp³-hybridized carbons (Fsp3) is 0.467. The lowest BCUT2D eigenvalue weighted by Crippen LogP contribution is -2.58. The summed E-state index contributed by atoms with van der Waals surface area (Å²) in [6.07, 6.45) is 0.581. The quantitative estimate of drug-likeness (QED) is 0.790. The molecule has 23 heavy (non-hydrogen) atoms. The number of nitrogens with one attached hydrogen (secondary N) is 1. The average Bonchev–Trinajstić information content (AvgIpc) is 2.50. The molecule has 1 fully saturated rings. The van der Waals surface area contributed by atoms with Crippen molar-refractivity contribution in [3.05, 3.63) is 33.7 Å². The van der Waals surface area contributed by atoms with E-state index in [1.54, 1.807) is 13.0 Å². The number of amides is 2. The number of carboxylic acids is 1. The molecule has 1 aromatic rings. The third-order valence-electron chi connectivity index (χ3n) is 3.86. The number of aliphatic carboxylic acids is 1. The summed E-state index contributed by atoms with van der Waals surface area (Å²) in [6.45, 7) is 3.42. The number of aromatic nitrogens is 1. The number of aromatic amines is 1. The highest BCUT2D eigenvalue weighted by molar-refractivity contribution is 5.98. The van der Waals surface area contributed by atoms with Gasteiger partial charge in [0.2, 0.25) is 11.5 Å². The van der Waals surface area contributed by atoms with Crippen molar-refractivity contribution in [3.8, 4) is 0 Å². The Morgan fingerprint density at radius 2 is 2.00 bits per heavy atom. The van der Waals surface area contributed by atoms with Gasteiger partial charge in [-0.05, 0) is 19.4 Å². The Kier molecular flexibility index (Phi) is 4.83. The molecular formula is C15H19N3O5. The summed E-state index contributed by atoms with van der Waals surface area (Å²) >= 11 is 0. The minimum Gasteiger partial charge on any atom is -0.480 e. The Bertz CT molecular complexity index is 697. The molecule has 2 heterocycles. The summed E-state index contributed by atoms with van der Waals surface area (Å²) < 4.78 is 0. The molecule has 124 valence electrons. The van der Waals surface area contributed by atoms with E-state index < -0.39 is 23.8 Å². The minimum atomic E-state index is -1.09. The smallest absolute Gasteiger partial charge is 0.323 e. The standard InChI is InChI=1S/C15H19N3O5/c1-3-11-6-10(7-12(19)16-11)15(23)18-5-4-17(8-13(20)21)14(22)9(18)2/h6-7,9H,3-5,8H2,1-2H3,(H,16,19)(H,20,21)/t9-/m1/s1. The largest absolute Gasteiger partial charge is 0.480 e. The second-order valence-electron chi connectivity index (χ2n) is 5.44. The summed E-state index contributed by atoms with van der Waals surface area (Å²) in [6, 6.07) is 2.05. The van der Waals surface area contributed by atoms with Crippen LogP contribution in [0.25, 0.3) is 0 Å². The average molecular weight is 321 g/mol. The molecule has 1 aliphatic rings. The molecule has 1 saturated heterocycles. The molecule has 0 aromatic carbocycles. The molecule has 0 bridgehead atoms. The van der Waals surface area contributed by atoms with Crippen molar-refractivity contribution < 1.29 is 19.5 Å². The highest BCUT2D eigenvalue weighted by Crippen LogP contribution is 2.15. The number of hydrogen-bond acceptors (Lipinski definition) is 4. The predicted octanol–water partition coefficient (Wildman–Crippen LogP) is -0.305. The van der Waals surface area contributed by atoms with Gasteiger partial charge in [-0.25, -0.2) is 0 Å². The first-order valence-corrected chi connectivity index (χ1v) is 7.38. The lowest BCUT2D eigenvalue weighted by atomic mass is 10.1. The number of aryl methyl sites for hydroxylation is 1. The number of rotatable bonds is 4. The van der Waals surface area contributed by atoms with E-state index >= 15 is 0 Å². The third kappa shape index (κ3) is 3.58. The monoisotopic (exact) mass is 321 g/mol. The van der Waals surface area contributed by atoms with Crippen molar-refractivity contribution in [2.45, 2.75) is 26.3 Å². The van der Waals surface area contributed by atoms with Gasteiger partial charge in [0.15, 0.2) is 0 Å². The maximum atomic E-state index is 12.6. The third-order valence-corrected chi connectivity index (χ3v) is 3.86. The molecule has 0 aliphatic carbocycles. The van der Waals surface area contributed by atoms with Crippen molar-refractivity contribution in [2.75, 3.05) is 19.6 Å². The molecule has 0 spiro atoms. The molecule has 1 aromatic heterocycles. The first kappa shape index (κ1) is 16.7. The van der Waals surface area contributed by atoms with Crippen molar-refractivity contribution in [1.82, 2.24) is 14.8 Å². The van der Waals surface area contributed by atoms with Crippen LogP contribution in [0.2, 0.25) is 0 Å². The molecule has 2 N–H and O–H groups in total. The molecule has 2 rings (SSSR count). The number of H-pyrrole nitrogens is 1. The summed E-state index contributed by atoms with van der Waals surface area (Å²) in [5.41, 5.74) is 0.512. The molecule has 0 saturated carbocycles. The summed E-state index contributed by atoms with van der Waals surface area (Å²) in [5.74, 6) is -1.90. The van der Waals surface area contributed by atoms with E-state index in [1.807, 2.05) is 6.92 Å². The Morgan fingerprint density at radius 3 is 2.61 bits per heavy atom. The van der Waals surface area contributed by atoms with Crippen LogP contribution in [0, 0.1) is 0 Å². The lowest BCUT2D eigenvalue weighted by molar-refractivity contribution is -0.148. The zero-order chi connectivity index (χ0) is 17.1. The first-order chi connectivity index (χ1) is 10.8. The fourth-order valence-corrected chi connectivity index (χ4v) is 2.61. The van der Waals surface area contributed by atoms with E-state index in [0.29, 0.717) is 12.1 Å². The number of pyridine rings is 1. The van der Waals surface area contributed by atoms with E-state index in [2.05, 4.69) is 4.98 Å². The first-order valence-electron chi connectivity index (χ1n) is 7.38. The van der Waals surface area contributed by atoms with Crippen molar-refractivity contribution in [3.63, 3.8) is 0 Å². The van der Waals surface area contributed by atoms with Crippen LogP contribution in [0.15, 0.2) is 16.9 Å². The maximum absolute atomic E-state index is 12.6. The van der Waals surface area contributed by atoms with E-state index in [0.717, 1.165) is 0 Å². The van der Waals surface area contributed by atoms with Crippen LogP contribution in [0.5, 0.6) is 0 Å². The van der Waals surface area contributed by atoms with E-state index in [-0.39, 0.29) is 30.8 Å². The van der Waals surface area contributed by atoms with Crippen LogP contribution in [-0.4, -0.2) is 63.4 Å². The van der Waals surface area contributed by atoms with Gasteiger partial charge < -0.3 is 19.9 Å². The molecule has 0 radical (unpaired) electrons. The van der Waals surface area contributed by atoms with E-state index in [4.69, 9.17) is 5.11 Å². The lowest BCUT2D eigenvalue weighted by Gasteiger charge is -2.38. The molecular weight excluding hydrogens is 302 g/mol. The van der Waals surface area contributed by atoms with Crippen molar-refractivity contribution in [2.24, 2.45) is 0 Å². The van der Waals surface area contributed by atoms with Gasteiger partial charge >= 0.3 is 5.97 Å². The molecule has 8 nitrogen and oxygen atoms in total. The minimum absolute atomic E-state index is 0.158. The van der Waals surface area contributed by atoms with Gasteiger partial charge in [0, 0.05) is 30.4 Å². The second kappa shape index (κ2) is 6.64. The SMILES string of the molecule is CCc1cc(C(=O)N2CCN(CC(=O)O)C(=O)[C@H]2C)cc(=O)[nH]1. The second-order valence-corrected chi connectivity index (χ2v) is 5.44. The topological polar surface area (TPSA) is 111 Å². The van der Waals surface area contributed by atoms with Crippen LogP contribution in [0.4, 0.5) is 0 Å². The Balaban J connectivity index is 2.21.